The van der Waals surface area contributed by atoms with E-state index >= 15 is 0 Å². The van der Waals surface area contributed by atoms with Crippen LogP contribution in [0.4, 0.5) is 0 Å². The van der Waals surface area contributed by atoms with Crippen molar-refractivity contribution in [1.29, 1.82) is 0 Å². The number of nitrogens with zero attached hydrogens (tertiary/aromatic N) is 4. The van der Waals surface area contributed by atoms with E-state index < -0.39 is 0 Å². The van der Waals surface area contributed by atoms with E-state index in [1.165, 1.54) is 11.8 Å². The lowest BCUT2D eigenvalue weighted by Crippen LogP contribution is -2.53. The maximum Gasteiger partial charge on any atom is 0.234 e. The van der Waals surface area contributed by atoms with Crippen molar-refractivity contribution in [2.45, 2.75) is 70.8 Å². The van der Waals surface area contributed by atoms with Crippen molar-refractivity contribution >= 4 is 23.6 Å². The summed E-state index contributed by atoms with van der Waals surface area (Å²) in [6, 6.07) is 0. The Hall–Kier alpha value is -1.58. The number of ether oxygens (including phenoxy) is 1. The number of imidazole rings is 1. The molecule has 8 nitrogen and oxygen atoms in total. The first kappa shape index (κ1) is 24.1. The number of carbonyl (C=O) groups excluding carboxylic acids is 2. The fraction of sp³-hybridized carbons (Fsp3) is 0.773. The van der Waals surface area contributed by atoms with E-state index in [-0.39, 0.29) is 23.5 Å². The lowest BCUT2D eigenvalue weighted by atomic mass is 10.1. The highest BCUT2D eigenvalue weighted by atomic mass is 32.2. The second-order valence-electron chi connectivity index (χ2n) is 9.55. The average molecular weight is 452 g/mol. The first-order valence-electron chi connectivity index (χ1n) is 11.2. The fourth-order valence-corrected chi connectivity index (χ4v) is 4.98. The molecule has 9 heteroatoms. The number of nitrogens with one attached hydrogen (secondary N) is 1. The summed E-state index contributed by atoms with van der Waals surface area (Å²) >= 11 is 1.51. The van der Waals surface area contributed by atoms with Crippen LogP contribution < -0.4 is 5.32 Å². The van der Waals surface area contributed by atoms with Gasteiger partial charge in [-0.2, -0.15) is 0 Å². The number of aryl methyl sites for hydroxylation is 1. The SMILES string of the molecule is Cc1nc(SCC(=O)N2CCN(CC(=O)NC(C)(C)C)CC2)n(CC2CCCO2)c1C. The topological polar surface area (TPSA) is 79.7 Å². The van der Waals surface area contributed by atoms with Crippen LogP contribution in [0.1, 0.15) is 45.0 Å². The van der Waals surface area contributed by atoms with Gasteiger partial charge in [-0.3, -0.25) is 14.5 Å². The lowest BCUT2D eigenvalue weighted by molar-refractivity contribution is -0.130. The van der Waals surface area contributed by atoms with Gasteiger partial charge in [0.1, 0.15) is 0 Å². The molecule has 1 N–H and O–H groups in total. The molecule has 0 bridgehead atoms. The lowest BCUT2D eigenvalue weighted by Gasteiger charge is -2.34. The molecule has 0 spiro atoms. The Bertz CT molecular complexity index is 775. The van der Waals surface area contributed by atoms with Crippen molar-refractivity contribution in [2.75, 3.05) is 45.1 Å². The smallest absolute Gasteiger partial charge is 0.234 e. The Morgan fingerprint density at radius 2 is 1.90 bits per heavy atom. The number of aromatic nitrogens is 2. The molecule has 0 aliphatic carbocycles. The second-order valence-corrected chi connectivity index (χ2v) is 10.5. The third-order valence-corrected chi connectivity index (χ3v) is 6.73. The Morgan fingerprint density at radius 3 is 2.52 bits per heavy atom. The highest BCUT2D eigenvalue weighted by Crippen LogP contribution is 2.24. The normalized spacial score (nSPS) is 20.3. The van der Waals surface area contributed by atoms with Gasteiger partial charge >= 0.3 is 0 Å². The number of amides is 2. The third kappa shape index (κ3) is 6.95. The number of hydrogen-bond acceptors (Lipinski definition) is 6. The van der Waals surface area contributed by atoms with Gasteiger partial charge in [0.15, 0.2) is 5.16 Å². The van der Waals surface area contributed by atoms with Gasteiger partial charge in [-0.1, -0.05) is 11.8 Å². The number of rotatable bonds is 7. The van der Waals surface area contributed by atoms with Gasteiger partial charge in [0.2, 0.25) is 11.8 Å². The maximum absolute atomic E-state index is 12.8. The minimum Gasteiger partial charge on any atom is -0.376 e. The van der Waals surface area contributed by atoms with E-state index in [1.54, 1.807) is 0 Å². The summed E-state index contributed by atoms with van der Waals surface area (Å²) in [5.41, 5.74) is 1.93. The van der Waals surface area contributed by atoms with Crippen LogP contribution in [-0.2, 0) is 20.9 Å². The molecule has 1 aromatic rings. The van der Waals surface area contributed by atoms with Gasteiger partial charge in [-0.15, -0.1) is 0 Å². The van der Waals surface area contributed by atoms with E-state index in [9.17, 15) is 9.59 Å². The highest BCUT2D eigenvalue weighted by molar-refractivity contribution is 7.99. The van der Waals surface area contributed by atoms with E-state index in [1.807, 2.05) is 32.6 Å². The molecular formula is C22H37N5O3S. The Balaban J connectivity index is 1.46. The van der Waals surface area contributed by atoms with Crippen LogP contribution in [0.5, 0.6) is 0 Å². The highest BCUT2D eigenvalue weighted by Gasteiger charge is 2.25. The summed E-state index contributed by atoms with van der Waals surface area (Å²) in [6.07, 6.45) is 2.44. The van der Waals surface area contributed by atoms with Gasteiger partial charge in [-0.05, 0) is 47.5 Å². The zero-order valence-electron chi connectivity index (χ0n) is 19.6. The molecule has 1 aromatic heterocycles. The number of carbonyl (C=O) groups is 2. The molecule has 2 aliphatic rings. The van der Waals surface area contributed by atoms with Gasteiger partial charge in [-0.25, -0.2) is 4.98 Å². The molecular weight excluding hydrogens is 414 g/mol. The van der Waals surface area contributed by atoms with Crippen molar-refractivity contribution in [3.8, 4) is 0 Å². The molecule has 0 saturated carbocycles. The van der Waals surface area contributed by atoms with Crippen LogP contribution in [0.15, 0.2) is 5.16 Å². The molecule has 1 unspecified atom stereocenters. The largest absolute Gasteiger partial charge is 0.376 e. The zero-order valence-corrected chi connectivity index (χ0v) is 20.4. The van der Waals surface area contributed by atoms with E-state index in [2.05, 4.69) is 21.7 Å². The molecule has 3 rings (SSSR count). The summed E-state index contributed by atoms with van der Waals surface area (Å²) in [5.74, 6) is 0.545. The average Bonchev–Trinajstić information content (AvgIpc) is 3.29. The Labute approximate surface area is 190 Å². The van der Waals surface area contributed by atoms with Crippen molar-refractivity contribution < 1.29 is 14.3 Å². The van der Waals surface area contributed by atoms with Crippen molar-refractivity contribution in [2.24, 2.45) is 0 Å². The summed E-state index contributed by atoms with van der Waals surface area (Å²) < 4.78 is 8.00. The Kier molecular flexibility index (Phi) is 8.04. The molecule has 2 saturated heterocycles. The minimum atomic E-state index is -0.224. The summed E-state index contributed by atoms with van der Waals surface area (Å²) in [4.78, 5) is 33.6. The van der Waals surface area contributed by atoms with Gasteiger partial charge in [0, 0.05) is 44.0 Å². The Morgan fingerprint density at radius 1 is 1.19 bits per heavy atom. The summed E-state index contributed by atoms with van der Waals surface area (Å²) in [7, 11) is 0. The van der Waals surface area contributed by atoms with Gasteiger partial charge < -0.3 is 19.5 Å². The maximum atomic E-state index is 12.8. The standard InChI is InChI=1S/C22H37N5O3S/c1-16-17(2)27(13-18-7-6-12-30-18)21(23-16)31-15-20(29)26-10-8-25(9-11-26)14-19(28)24-22(3,4)5/h18H,6-15H2,1-5H3,(H,24,28). The minimum absolute atomic E-state index is 0.0339. The van der Waals surface area contributed by atoms with Gasteiger partial charge in [0.05, 0.1) is 30.6 Å². The molecule has 3 heterocycles. The third-order valence-electron chi connectivity index (χ3n) is 5.76. The molecule has 0 aromatic carbocycles. The van der Waals surface area contributed by atoms with Crippen molar-refractivity contribution in [3.63, 3.8) is 0 Å². The van der Waals surface area contributed by atoms with Crippen LogP contribution in [0, 0.1) is 13.8 Å². The van der Waals surface area contributed by atoms with E-state index in [4.69, 9.17) is 9.72 Å². The summed E-state index contributed by atoms with van der Waals surface area (Å²) in [6.45, 7) is 14.8. The van der Waals surface area contributed by atoms with Crippen molar-refractivity contribution in [1.82, 2.24) is 24.7 Å². The molecule has 1 atom stereocenters. The zero-order chi connectivity index (χ0) is 22.6. The van der Waals surface area contributed by atoms with Crippen molar-refractivity contribution in [3.05, 3.63) is 11.4 Å². The second kappa shape index (κ2) is 10.4. The van der Waals surface area contributed by atoms with Crippen LogP contribution in [0.3, 0.4) is 0 Å². The number of piperazine rings is 1. The predicted octanol–water partition coefficient (Wildman–Crippen LogP) is 1.83. The first-order chi connectivity index (χ1) is 14.6. The molecule has 2 amide bonds. The molecule has 2 fully saturated rings. The molecule has 2 aliphatic heterocycles. The van der Waals surface area contributed by atoms with E-state index in [0.717, 1.165) is 55.6 Å². The predicted molar refractivity (Wildman–Crippen MR) is 122 cm³/mol. The molecule has 0 radical (unpaired) electrons. The first-order valence-corrected chi connectivity index (χ1v) is 12.2. The quantitative estimate of drug-likeness (QED) is 0.637. The number of thioether (sulfide) groups is 1. The van der Waals surface area contributed by atoms with Crippen LogP contribution >= 0.6 is 11.8 Å². The summed E-state index contributed by atoms with van der Waals surface area (Å²) in [5, 5.41) is 3.89. The van der Waals surface area contributed by atoms with Crippen LogP contribution in [0.2, 0.25) is 0 Å². The molecule has 31 heavy (non-hydrogen) atoms. The van der Waals surface area contributed by atoms with E-state index in [0.29, 0.717) is 25.4 Å². The van der Waals surface area contributed by atoms with Crippen LogP contribution in [-0.4, -0.2) is 87.9 Å². The number of hydrogen-bond donors (Lipinski definition) is 1. The van der Waals surface area contributed by atoms with Gasteiger partial charge in [0.25, 0.3) is 0 Å². The fourth-order valence-electron chi connectivity index (χ4n) is 3.97. The van der Waals surface area contributed by atoms with Crippen LogP contribution in [0.25, 0.3) is 0 Å². The molecule has 174 valence electrons. The monoisotopic (exact) mass is 451 g/mol.